The highest BCUT2D eigenvalue weighted by Crippen LogP contribution is 2.30. The second kappa shape index (κ2) is 5.83. The molecule has 120 valence electrons. The van der Waals surface area contributed by atoms with Crippen molar-refractivity contribution in [3.05, 3.63) is 59.1 Å². The predicted octanol–water partition coefficient (Wildman–Crippen LogP) is 3.06. The van der Waals surface area contributed by atoms with Crippen molar-refractivity contribution in [2.24, 2.45) is 0 Å². The van der Waals surface area contributed by atoms with Crippen molar-refractivity contribution in [3.63, 3.8) is 0 Å². The Morgan fingerprint density at radius 1 is 1.17 bits per heavy atom. The van der Waals surface area contributed by atoms with Crippen LogP contribution in [0.3, 0.4) is 0 Å². The minimum Gasteiger partial charge on any atom is -0.475 e. The van der Waals surface area contributed by atoms with Crippen LogP contribution < -0.4 is 0 Å². The second-order valence-corrected chi connectivity index (χ2v) is 5.37. The van der Waals surface area contributed by atoms with Crippen LogP contribution in [0, 0.1) is 11.6 Å². The van der Waals surface area contributed by atoms with E-state index in [1.165, 1.54) is 23.1 Å². The van der Waals surface area contributed by atoms with Crippen LogP contribution in [-0.2, 0) is 6.54 Å². The van der Waals surface area contributed by atoms with Gasteiger partial charge in [-0.1, -0.05) is 6.07 Å². The third-order valence-electron chi connectivity index (χ3n) is 3.63. The first-order valence-electron chi connectivity index (χ1n) is 7.03. The molecule has 0 radical (unpaired) electrons. The van der Waals surface area contributed by atoms with E-state index in [-0.39, 0.29) is 29.7 Å². The Bertz CT molecular complexity index is 767. The number of rotatable bonds is 5. The van der Waals surface area contributed by atoms with Gasteiger partial charge in [0.2, 0.25) is 5.76 Å². The van der Waals surface area contributed by atoms with Crippen LogP contribution in [0.2, 0.25) is 0 Å². The van der Waals surface area contributed by atoms with Crippen LogP contribution in [0.5, 0.6) is 0 Å². The monoisotopic (exact) mass is 321 g/mol. The summed E-state index contributed by atoms with van der Waals surface area (Å²) in [5.41, 5.74) is 0.191. The Hall–Kier alpha value is -2.70. The molecule has 1 aliphatic carbocycles. The summed E-state index contributed by atoms with van der Waals surface area (Å²) in [5.74, 6) is -3.65. The number of benzene rings is 1. The van der Waals surface area contributed by atoms with Gasteiger partial charge in [-0.2, -0.15) is 0 Å². The zero-order valence-corrected chi connectivity index (χ0v) is 12.0. The molecule has 5 nitrogen and oxygen atoms in total. The van der Waals surface area contributed by atoms with Crippen LogP contribution in [0.25, 0.3) is 0 Å². The molecule has 1 amide bonds. The minimum absolute atomic E-state index is 0.0290. The van der Waals surface area contributed by atoms with Crippen LogP contribution in [0.1, 0.15) is 39.5 Å². The Balaban J connectivity index is 1.83. The molecule has 0 saturated heterocycles. The lowest BCUT2D eigenvalue weighted by Gasteiger charge is -2.21. The molecule has 0 spiro atoms. The van der Waals surface area contributed by atoms with Crippen molar-refractivity contribution in [1.82, 2.24) is 4.90 Å². The number of carbonyl (C=O) groups is 2. The lowest BCUT2D eigenvalue weighted by molar-refractivity contribution is 0.0644. The fraction of sp³-hybridized carbons (Fsp3) is 0.250. The maximum absolute atomic E-state index is 13.8. The summed E-state index contributed by atoms with van der Waals surface area (Å²) >= 11 is 0. The van der Waals surface area contributed by atoms with Gasteiger partial charge in [-0.3, -0.25) is 4.79 Å². The lowest BCUT2D eigenvalue weighted by Crippen LogP contribution is -2.32. The highest BCUT2D eigenvalue weighted by atomic mass is 19.1. The van der Waals surface area contributed by atoms with E-state index in [0.29, 0.717) is 0 Å². The zero-order valence-electron chi connectivity index (χ0n) is 12.0. The first-order chi connectivity index (χ1) is 11.0. The molecule has 7 heteroatoms. The van der Waals surface area contributed by atoms with Gasteiger partial charge in [0.05, 0.1) is 0 Å². The summed E-state index contributed by atoms with van der Waals surface area (Å²) < 4.78 is 31.8. The summed E-state index contributed by atoms with van der Waals surface area (Å²) in [6, 6.07) is 5.61. The minimum atomic E-state index is -1.27. The first kappa shape index (κ1) is 15.2. The first-order valence-corrected chi connectivity index (χ1v) is 7.03. The zero-order chi connectivity index (χ0) is 16.6. The van der Waals surface area contributed by atoms with Gasteiger partial charge < -0.3 is 14.4 Å². The molecule has 1 heterocycles. The fourth-order valence-corrected chi connectivity index (χ4v) is 2.30. The number of nitrogens with zero attached hydrogens (tertiary/aromatic N) is 1. The number of furan rings is 1. The fourth-order valence-electron chi connectivity index (χ4n) is 2.30. The average Bonchev–Trinajstić information content (AvgIpc) is 3.21. The van der Waals surface area contributed by atoms with E-state index in [2.05, 4.69) is 0 Å². The van der Waals surface area contributed by atoms with Crippen molar-refractivity contribution >= 4 is 11.9 Å². The van der Waals surface area contributed by atoms with Gasteiger partial charge in [-0.15, -0.1) is 0 Å². The molecular weight excluding hydrogens is 308 g/mol. The molecular formula is C16H13F2NO4. The van der Waals surface area contributed by atoms with Gasteiger partial charge in [0.15, 0.2) is 5.76 Å². The van der Waals surface area contributed by atoms with E-state index in [0.717, 1.165) is 25.0 Å². The Kier molecular flexibility index (Phi) is 3.85. The molecule has 0 atom stereocenters. The van der Waals surface area contributed by atoms with Crippen LogP contribution >= 0.6 is 0 Å². The van der Waals surface area contributed by atoms with Gasteiger partial charge in [0.1, 0.15) is 11.6 Å². The molecule has 2 aromatic rings. The molecule has 1 fully saturated rings. The molecule has 0 unspecified atom stereocenters. The maximum atomic E-state index is 13.8. The normalized spacial score (nSPS) is 13.8. The van der Waals surface area contributed by atoms with Gasteiger partial charge in [-0.05, 0) is 31.0 Å². The summed E-state index contributed by atoms with van der Waals surface area (Å²) in [6.45, 7) is -0.0290. The number of carboxylic acids is 1. The molecule has 1 saturated carbocycles. The molecule has 1 N–H and O–H groups in total. The predicted molar refractivity (Wildman–Crippen MR) is 74.9 cm³/mol. The number of amides is 1. The molecule has 23 heavy (non-hydrogen) atoms. The highest BCUT2D eigenvalue weighted by Gasteiger charge is 2.35. The number of aromatic carboxylic acids is 1. The Morgan fingerprint density at radius 3 is 2.43 bits per heavy atom. The molecule has 1 aromatic carbocycles. The third-order valence-corrected chi connectivity index (χ3v) is 3.63. The number of halogens is 2. The summed E-state index contributed by atoms with van der Waals surface area (Å²) in [6.07, 6.45) is 1.56. The van der Waals surface area contributed by atoms with E-state index < -0.39 is 23.5 Å². The second-order valence-electron chi connectivity index (χ2n) is 5.37. The van der Waals surface area contributed by atoms with Crippen molar-refractivity contribution in [2.45, 2.75) is 25.4 Å². The summed E-state index contributed by atoms with van der Waals surface area (Å²) in [4.78, 5) is 24.7. The van der Waals surface area contributed by atoms with E-state index in [4.69, 9.17) is 9.52 Å². The molecule has 1 aliphatic rings. The SMILES string of the molecule is O=C(O)c1ccc(C(=O)N(Cc2ccc(F)cc2F)C2CC2)o1. The van der Waals surface area contributed by atoms with Gasteiger partial charge >= 0.3 is 5.97 Å². The van der Waals surface area contributed by atoms with Gasteiger partial charge in [0, 0.05) is 24.2 Å². The maximum Gasteiger partial charge on any atom is 0.371 e. The molecule has 3 rings (SSSR count). The van der Waals surface area contributed by atoms with Crippen molar-refractivity contribution in [2.75, 3.05) is 0 Å². The highest BCUT2D eigenvalue weighted by molar-refractivity contribution is 5.93. The lowest BCUT2D eigenvalue weighted by atomic mass is 10.2. The van der Waals surface area contributed by atoms with Crippen molar-refractivity contribution < 1.29 is 27.9 Å². The Morgan fingerprint density at radius 2 is 1.87 bits per heavy atom. The molecule has 1 aromatic heterocycles. The number of carbonyl (C=O) groups excluding carboxylic acids is 1. The van der Waals surface area contributed by atoms with E-state index in [9.17, 15) is 18.4 Å². The third kappa shape index (κ3) is 3.23. The number of carboxylic acid groups (broad SMARTS) is 1. The smallest absolute Gasteiger partial charge is 0.371 e. The standard InChI is InChI=1S/C16H13F2NO4/c17-10-2-1-9(12(18)7-10)8-19(11-3-4-11)15(20)13-5-6-14(23-13)16(21)22/h1-2,5-7,11H,3-4,8H2,(H,21,22). The Labute approximate surface area is 130 Å². The summed E-state index contributed by atoms with van der Waals surface area (Å²) in [5, 5.41) is 8.83. The van der Waals surface area contributed by atoms with Crippen LogP contribution in [0.15, 0.2) is 34.7 Å². The van der Waals surface area contributed by atoms with Crippen molar-refractivity contribution in [3.8, 4) is 0 Å². The molecule has 0 aliphatic heterocycles. The van der Waals surface area contributed by atoms with E-state index >= 15 is 0 Å². The number of hydrogen-bond acceptors (Lipinski definition) is 3. The molecule has 0 bridgehead atoms. The van der Waals surface area contributed by atoms with Gasteiger partial charge in [-0.25, -0.2) is 13.6 Å². The van der Waals surface area contributed by atoms with Crippen molar-refractivity contribution in [1.29, 1.82) is 0 Å². The summed E-state index contributed by atoms with van der Waals surface area (Å²) in [7, 11) is 0. The largest absolute Gasteiger partial charge is 0.475 e. The topological polar surface area (TPSA) is 70.8 Å². The quantitative estimate of drug-likeness (QED) is 0.919. The number of hydrogen-bond donors (Lipinski definition) is 1. The van der Waals surface area contributed by atoms with Crippen LogP contribution in [0.4, 0.5) is 8.78 Å². The van der Waals surface area contributed by atoms with E-state index in [1.807, 2.05) is 0 Å². The average molecular weight is 321 g/mol. The van der Waals surface area contributed by atoms with Gasteiger partial charge in [0.25, 0.3) is 5.91 Å². The van der Waals surface area contributed by atoms with Crippen LogP contribution in [-0.4, -0.2) is 27.9 Å². The van der Waals surface area contributed by atoms with E-state index in [1.54, 1.807) is 0 Å².